The highest BCUT2D eigenvalue weighted by atomic mass is 16.5. The van der Waals surface area contributed by atoms with Crippen LogP contribution >= 0.6 is 0 Å². The maximum atomic E-state index is 12.4. The molecule has 0 bridgehead atoms. The molecular weight excluding hydrogens is 344 g/mol. The summed E-state index contributed by atoms with van der Waals surface area (Å²) in [5.74, 6) is -0.200. The lowest BCUT2D eigenvalue weighted by Crippen LogP contribution is -2.20. The lowest BCUT2D eigenvalue weighted by Gasteiger charge is -2.27. The zero-order valence-corrected chi connectivity index (χ0v) is 16.1. The molecule has 0 saturated heterocycles. The summed E-state index contributed by atoms with van der Waals surface area (Å²) in [5, 5.41) is 13.2. The average Bonchev–Trinajstić information content (AvgIpc) is 3.03. The molecule has 1 fully saturated rings. The minimum Gasteiger partial charge on any atom is -0.461 e. The largest absolute Gasteiger partial charge is 0.461 e. The average molecular weight is 370 g/mol. The van der Waals surface area contributed by atoms with E-state index in [4.69, 9.17) is 9.47 Å². The van der Waals surface area contributed by atoms with Crippen LogP contribution in [0.5, 0.6) is 0 Å². The first-order valence-corrected chi connectivity index (χ1v) is 9.37. The van der Waals surface area contributed by atoms with Gasteiger partial charge in [0.05, 0.1) is 24.1 Å². The Morgan fingerprint density at radius 1 is 1.19 bits per heavy atom. The Kier molecular flexibility index (Phi) is 6.34. The number of rotatable bonds is 6. The van der Waals surface area contributed by atoms with Gasteiger partial charge in [0.25, 0.3) is 0 Å². The number of ether oxygens (including phenoxy) is 2. The van der Waals surface area contributed by atoms with Gasteiger partial charge in [0.15, 0.2) is 5.69 Å². The number of esters is 1. The normalized spacial score (nSPS) is 20.1. The first-order chi connectivity index (χ1) is 13.1. The molecule has 7 nitrogen and oxygen atoms in total. The molecule has 144 valence electrons. The Bertz CT molecular complexity index is 793. The molecule has 3 rings (SSSR count). The summed E-state index contributed by atoms with van der Waals surface area (Å²) in [6, 6.07) is 9.46. The number of benzene rings is 1. The van der Waals surface area contributed by atoms with Crippen molar-refractivity contribution in [3.8, 4) is 0 Å². The smallest absolute Gasteiger partial charge is 0.361 e. The van der Waals surface area contributed by atoms with Crippen LogP contribution in [0.3, 0.4) is 0 Å². The number of azo groups is 1. The maximum Gasteiger partial charge on any atom is 0.361 e. The number of nitrogens with zero attached hydrogens (tertiary/aromatic N) is 4. The lowest BCUT2D eigenvalue weighted by molar-refractivity contribution is 0.0519. The van der Waals surface area contributed by atoms with Crippen molar-refractivity contribution < 1.29 is 14.3 Å². The van der Waals surface area contributed by atoms with E-state index in [9.17, 15) is 4.79 Å². The van der Waals surface area contributed by atoms with Crippen LogP contribution in [0.2, 0.25) is 0 Å². The summed E-state index contributed by atoms with van der Waals surface area (Å²) >= 11 is 0. The van der Waals surface area contributed by atoms with Gasteiger partial charge in [0, 0.05) is 20.1 Å². The summed E-state index contributed by atoms with van der Waals surface area (Å²) in [7, 11) is 3.61. The molecule has 1 aliphatic rings. The number of methoxy groups -OCH3 is 1. The monoisotopic (exact) mass is 370 g/mol. The number of carbonyl (C=O) groups excluding carboxylic acids is 1. The van der Waals surface area contributed by atoms with Gasteiger partial charge in [0.1, 0.15) is 5.69 Å². The molecule has 0 atom stereocenters. The highest BCUT2D eigenvalue weighted by Crippen LogP contribution is 2.40. The van der Waals surface area contributed by atoms with E-state index in [1.165, 1.54) is 0 Å². The van der Waals surface area contributed by atoms with Gasteiger partial charge in [-0.1, -0.05) is 18.2 Å². The van der Waals surface area contributed by atoms with Crippen molar-refractivity contribution in [2.75, 3.05) is 13.7 Å². The van der Waals surface area contributed by atoms with E-state index in [0.29, 0.717) is 18.4 Å². The Balaban J connectivity index is 1.96. The van der Waals surface area contributed by atoms with E-state index in [0.717, 1.165) is 37.1 Å². The van der Waals surface area contributed by atoms with Crippen molar-refractivity contribution in [1.29, 1.82) is 0 Å². The van der Waals surface area contributed by atoms with Crippen molar-refractivity contribution in [2.24, 2.45) is 17.3 Å². The van der Waals surface area contributed by atoms with Crippen molar-refractivity contribution in [3.05, 3.63) is 41.7 Å². The molecule has 1 aliphatic carbocycles. The topological polar surface area (TPSA) is 78.1 Å². The van der Waals surface area contributed by atoms with E-state index in [-0.39, 0.29) is 11.6 Å². The molecule has 0 N–H and O–H groups in total. The summed E-state index contributed by atoms with van der Waals surface area (Å²) in [6.45, 7) is 2.07. The standard InChI is InChI=1S/C20H26N4O3/c1-4-27-20(25)18-17(22-21-15-8-6-5-7-9-15)19(24(2)23-18)14-10-12-16(26-3)13-11-14/h5-9,14,16H,4,10-13H2,1-3H3/b22-21+. The molecule has 7 heteroatoms. The number of hydrogen-bond donors (Lipinski definition) is 0. The number of hydrogen-bond acceptors (Lipinski definition) is 6. The zero-order valence-electron chi connectivity index (χ0n) is 16.1. The lowest BCUT2D eigenvalue weighted by atomic mass is 9.84. The van der Waals surface area contributed by atoms with Crippen LogP contribution in [0.15, 0.2) is 40.6 Å². The fourth-order valence-electron chi connectivity index (χ4n) is 3.59. The summed E-state index contributed by atoms with van der Waals surface area (Å²) in [4.78, 5) is 12.4. The van der Waals surface area contributed by atoms with Gasteiger partial charge in [-0.15, -0.1) is 5.11 Å². The van der Waals surface area contributed by atoms with E-state index >= 15 is 0 Å². The Morgan fingerprint density at radius 2 is 1.89 bits per heavy atom. The second-order valence-corrected chi connectivity index (χ2v) is 6.67. The molecule has 0 aliphatic heterocycles. The molecular formula is C20H26N4O3. The van der Waals surface area contributed by atoms with Crippen LogP contribution in [0.25, 0.3) is 0 Å². The molecule has 0 amide bonds. The first kappa shape index (κ1) is 19.2. The van der Waals surface area contributed by atoms with Crippen molar-refractivity contribution in [2.45, 2.75) is 44.6 Å². The molecule has 1 heterocycles. The third-order valence-corrected chi connectivity index (χ3v) is 4.95. The number of carbonyl (C=O) groups is 1. The van der Waals surface area contributed by atoms with Crippen molar-refractivity contribution in [3.63, 3.8) is 0 Å². The maximum absolute atomic E-state index is 12.4. The molecule has 1 aromatic heterocycles. The molecule has 1 saturated carbocycles. The molecule has 27 heavy (non-hydrogen) atoms. The Hall–Kier alpha value is -2.54. The van der Waals surface area contributed by atoms with Gasteiger partial charge in [-0.25, -0.2) is 4.79 Å². The zero-order chi connectivity index (χ0) is 19.2. The van der Waals surface area contributed by atoms with E-state index < -0.39 is 5.97 Å². The van der Waals surface area contributed by atoms with E-state index in [1.54, 1.807) is 18.7 Å². The molecule has 0 unspecified atom stereocenters. The summed E-state index contributed by atoms with van der Waals surface area (Å²) in [5.41, 5.74) is 2.40. The fraction of sp³-hybridized carbons (Fsp3) is 0.500. The van der Waals surface area contributed by atoms with Gasteiger partial charge in [0.2, 0.25) is 0 Å². The van der Waals surface area contributed by atoms with Gasteiger partial charge in [-0.05, 0) is 44.7 Å². The highest BCUT2D eigenvalue weighted by Gasteiger charge is 2.31. The minimum atomic E-state index is -0.466. The van der Waals surface area contributed by atoms with Gasteiger partial charge < -0.3 is 9.47 Å². The molecule has 1 aromatic carbocycles. The van der Waals surface area contributed by atoms with Gasteiger partial charge in [-0.2, -0.15) is 10.2 Å². The Labute approximate surface area is 159 Å². The predicted octanol–water partition coefficient (Wildman–Crippen LogP) is 4.68. The number of aromatic nitrogens is 2. The van der Waals surface area contributed by atoms with Gasteiger partial charge in [-0.3, -0.25) is 4.68 Å². The van der Waals surface area contributed by atoms with E-state index in [2.05, 4.69) is 15.3 Å². The summed E-state index contributed by atoms with van der Waals surface area (Å²) < 4.78 is 12.4. The van der Waals surface area contributed by atoms with Crippen LogP contribution in [-0.2, 0) is 16.5 Å². The SMILES string of the molecule is CCOC(=O)c1nn(C)c(C2CCC(OC)CC2)c1/N=N/c1ccccc1. The predicted molar refractivity (Wildman–Crippen MR) is 102 cm³/mol. The third-order valence-electron chi connectivity index (χ3n) is 4.95. The van der Waals surface area contributed by atoms with Crippen LogP contribution in [0.1, 0.15) is 54.7 Å². The Morgan fingerprint density at radius 3 is 2.52 bits per heavy atom. The highest BCUT2D eigenvalue weighted by molar-refractivity contribution is 5.93. The molecule has 0 radical (unpaired) electrons. The minimum absolute atomic E-state index is 0.225. The summed E-state index contributed by atoms with van der Waals surface area (Å²) in [6.07, 6.45) is 4.20. The van der Waals surface area contributed by atoms with Crippen LogP contribution in [0.4, 0.5) is 11.4 Å². The van der Waals surface area contributed by atoms with Crippen LogP contribution < -0.4 is 0 Å². The van der Waals surface area contributed by atoms with Crippen molar-refractivity contribution in [1.82, 2.24) is 9.78 Å². The van der Waals surface area contributed by atoms with Crippen LogP contribution in [-0.4, -0.2) is 35.6 Å². The molecule has 2 aromatic rings. The van der Waals surface area contributed by atoms with E-state index in [1.807, 2.05) is 37.4 Å². The fourth-order valence-corrected chi connectivity index (χ4v) is 3.59. The first-order valence-electron chi connectivity index (χ1n) is 9.37. The number of aryl methyl sites for hydroxylation is 1. The second kappa shape index (κ2) is 8.90. The van der Waals surface area contributed by atoms with Crippen molar-refractivity contribution >= 4 is 17.3 Å². The van der Waals surface area contributed by atoms with Crippen LogP contribution in [0, 0.1) is 0 Å². The second-order valence-electron chi connectivity index (χ2n) is 6.67. The van der Waals surface area contributed by atoms with Gasteiger partial charge >= 0.3 is 5.97 Å². The molecule has 0 spiro atoms. The third kappa shape index (κ3) is 4.42. The quantitative estimate of drug-likeness (QED) is 0.546.